The lowest BCUT2D eigenvalue weighted by Gasteiger charge is -2.24. The molecular formula is C28H31NO7S. The molecule has 0 aliphatic heterocycles. The highest BCUT2D eigenvalue weighted by atomic mass is 32.2. The van der Waals surface area contributed by atoms with Gasteiger partial charge in [0.25, 0.3) is 0 Å². The summed E-state index contributed by atoms with van der Waals surface area (Å²) in [5, 5.41) is 2.63. The molecular weight excluding hydrogens is 494 g/mol. The van der Waals surface area contributed by atoms with Crippen molar-refractivity contribution in [2.24, 2.45) is 5.92 Å². The molecule has 8 nitrogen and oxygen atoms in total. The molecule has 0 saturated heterocycles. The number of hydrogen-bond donors (Lipinski definition) is 1. The molecule has 1 amide bonds. The van der Waals surface area contributed by atoms with E-state index in [4.69, 9.17) is 13.7 Å². The average Bonchev–Trinajstić information content (AvgIpc) is 2.86. The van der Waals surface area contributed by atoms with E-state index in [2.05, 4.69) is 5.32 Å². The van der Waals surface area contributed by atoms with E-state index >= 15 is 0 Å². The predicted octanol–water partition coefficient (Wildman–Crippen LogP) is 4.88. The number of nitrogens with one attached hydrogen (secondary N) is 1. The number of benzene rings is 3. The van der Waals surface area contributed by atoms with Crippen molar-refractivity contribution in [3.05, 3.63) is 96.1 Å². The van der Waals surface area contributed by atoms with E-state index in [1.165, 1.54) is 24.3 Å². The first kappa shape index (κ1) is 27.7. The van der Waals surface area contributed by atoms with Crippen molar-refractivity contribution in [3.63, 3.8) is 0 Å². The summed E-state index contributed by atoms with van der Waals surface area (Å²) in [5.74, 6) is -1.02. The molecule has 3 aromatic rings. The fourth-order valence-corrected chi connectivity index (χ4v) is 4.28. The summed E-state index contributed by atoms with van der Waals surface area (Å²) in [6.45, 7) is 5.41. The number of amides is 1. The molecule has 9 heteroatoms. The zero-order valence-corrected chi connectivity index (χ0v) is 21.9. The van der Waals surface area contributed by atoms with E-state index in [-0.39, 0.29) is 30.2 Å². The lowest BCUT2D eigenvalue weighted by molar-refractivity contribution is -0.159. The summed E-state index contributed by atoms with van der Waals surface area (Å²) in [6, 6.07) is 23.5. The van der Waals surface area contributed by atoms with Crippen LogP contribution in [-0.2, 0) is 37.4 Å². The standard InChI is InChI=1S/C28H31NO7S/c1-28(2,3)35-26(30)23(19-29-27(31)34-20-22-10-6-4-7-11-22)18-21-14-16-24(17-15-21)36-37(32,33)25-12-8-5-9-13-25/h4-17,23H,18-20H2,1-3H3,(H,29,31). The molecule has 0 bridgehead atoms. The number of carbonyl (C=O) groups is 2. The minimum absolute atomic E-state index is 0.00315. The van der Waals surface area contributed by atoms with Gasteiger partial charge in [-0.25, -0.2) is 4.79 Å². The van der Waals surface area contributed by atoms with Gasteiger partial charge in [-0.1, -0.05) is 60.7 Å². The molecule has 1 atom stereocenters. The lowest BCUT2D eigenvalue weighted by atomic mass is 9.99. The van der Waals surface area contributed by atoms with Gasteiger partial charge in [0.05, 0.1) is 5.92 Å². The molecule has 37 heavy (non-hydrogen) atoms. The minimum atomic E-state index is -3.96. The van der Waals surface area contributed by atoms with Gasteiger partial charge in [0.15, 0.2) is 0 Å². The van der Waals surface area contributed by atoms with Gasteiger partial charge in [0.2, 0.25) is 0 Å². The molecule has 0 aliphatic carbocycles. The highest BCUT2D eigenvalue weighted by Crippen LogP contribution is 2.21. The Morgan fingerprint density at radius 1 is 0.838 bits per heavy atom. The molecule has 0 spiro atoms. The van der Waals surface area contributed by atoms with Crippen LogP contribution >= 0.6 is 0 Å². The predicted molar refractivity (Wildman–Crippen MR) is 138 cm³/mol. The third-order valence-electron chi connectivity index (χ3n) is 5.09. The maximum Gasteiger partial charge on any atom is 0.407 e. The van der Waals surface area contributed by atoms with Crippen LogP contribution in [-0.4, -0.2) is 32.6 Å². The van der Waals surface area contributed by atoms with Crippen LogP contribution in [0.1, 0.15) is 31.9 Å². The molecule has 3 rings (SSSR count). The Balaban J connectivity index is 1.63. The Morgan fingerprint density at radius 2 is 1.43 bits per heavy atom. The summed E-state index contributed by atoms with van der Waals surface area (Å²) < 4.78 is 40.9. The maximum absolute atomic E-state index is 12.8. The van der Waals surface area contributed by atoms with Crippen LogP contribution in [0.5, 0.6) is 5.75 Å². The third-order valence-corrected chi connectivity index (χ3v) is 6.35. The van der Waals surface area contributed by atoms with Crippen LogP contribution in [0.2, 0.25) is 0 Å². The summed E-state index contributed by atoms with van der Waals surface area (Å²) in [6.07, 6.45) is -0.396. The van der Waals surface area contributed by atoms with E-state index in [1.54, 1.807) is 51.1 Å². The topological polar surface area (TPSA) is 108 Å². The van der Waals surface area contributed by atoms with Gasteiger partial charge in [-0.3, -0.25) is 4.79 Å². The van der Waals surface area contributed by atoms with E-state index in [9.17, 15) is 18.0 Å². The van der Waals surface area contributed by atoms with Gasteiger partial charge in [-0.05, 0) is 62.6 Å². The number of carbonyl (C=O) groups excluding carboxylic acids is 2. The first-order valence-corrected chi connectivity index (χ1v) is 13.2. The first-order valence-electron chi connectivity index (χ1n) is 11.8. The summed E-state index contributed by atoms with van der Waals surface area (Å²) in [5.41, 5.74) is 0.879. The largest absolute Gasteiger partial charge is 0.460 e. The Kier molecular flexibility index (Phi) is 9.30. The summed E-state index contributed by atoms with van der Waals surface area (Å²) >= 11 is 0. The molecule has 0 radical (unpaired) electrons. The van der Waals surface area contributed by atoms with Crippen molar-refractivity contribution in [1.82, 2.24) is 5.32 Å². The van der Waals surface area contributed by atoms with Gasteiger partial charge in [0, 0.05) is 6.54 Å². The van der Waals surface area contributed by atoms with E-state index in [1.807, 2.05) is 30.3 Å². The normalized spacial score (nSPS) is 12.3. The van der Waals surface area contributed by atoms with Crippen LogP contribution in [0.4, 0.5) is 4.79 Å². The molecule has 0 fully saturated rings. The Morgan fingerprint density at radius 3 is 2.03 bits per heavy atom. The number of esters is 1. The fourth-order valence-electron chi connectivity index (χ4n) is 3.33. The minimum Gasteiger partial charge on any atom is -0.460 e. The van der Waals surface area contributed by atoms with Crippen LogP contribution in [0.3, 0.4) is 0 Å². The average molecular weight is 526 g/mol. The molecule has 1 N–H and O–H groups in total. The van der Waals surface area contributed by atoms with Crippen molar-refractivity contribution in [1.29, 1.82) is 0 Å². The number of alkyl carbamates (subject to hydrolysis) is 1. The highest BCUT2D eigenvalue weighted by Gasteiger charge is 2.26. The van der Waals surface area contributed by atoms with Gasteiger partial charge in [-0.15, -0.1) is 0 Å². The molecule has 0 saturated carbocycles. The second-order valence-corrected chi connectivity index (χ2v) is 10.9. The van der Waals surface area contributed by atoms with Crippen LogP contribution < -0.4 is 9.50 Å². The van der Waals surface area contributed by atoms with Gasteiger partial charge in [-0.2, -0.15) is 8.42 Å². The Hall–Kier alpha value is -3.85. The molecule has 1 unspecified atom stereocenters. The first-order chi connectivity index (χ1) is 17.5. The smallest absolute Gasteiger partial charge is 0.407 e. The van der Waals surface area contributed by atoms with Gasteiger partial charge in [0.1, 0.15) is 22.9 Å². The van der Waals surface area contributed by atoms with Crippen molar-refractivity contribution < 1.29 is 31.7 Å². The van der Waals surface area contributed by atoms with Crippen molar-refractivity contribution in [2.75, 3.05) is 6.54 Å². The SMILES string of the molecule is CC(C)(C)OC(=O)C(CNC(=O)OCc1ccccc1)Cc1ccc(OS(=O)(=O)c2ccccc2)cc1. The lowest BCUT2D eigenvalue weighted by Crippen LogP contribution is -2.38. The number of rotatable bonds is 10. The van der Waals surface area contributed by atoms with Crippen LogP contribution in [0, 0.1) is 5.92 Å². The van der Waals surface area contributed by atoms with Gasteiger partial charge < -0.3 is 19.0 Å². The third kappa shape index (κ3) is 9.27. The zero-order chi connectivity index (χ0) is 26.9. The Labute approximate surface area is 217 Å². The summed E-state index contributed by atoms with van der Waals surface area (Å²) in [4.78, 5) is 25.1. The maximum atomic E-state index is 12.8. The van der Waals surface area contributed by atoms with E-state index < -0.39 is 33.7 Å². The quantitative estimate of drug-likeness (QED) is 0.297. The molecule has 196 valence electrons. The van der Waals surface area contributed by atoms with E-state index in [0.717, 1.165) is 11.1 Å². The zero-order valence-electron chi connectivity index (χ0n) is 21.0. The van der Waals surface area contributed by atoms with Crippen molar-refractivity contribution >= 4 is 22.2 Å². The molecule has 3 aromatic carbocycles. The number of hydrogen-bond acceptors (Lipinski definition) is 7. The van der Waals surface area contributed by atoms with E-state index in [0.29, 0.717) is 0 Å². The van der Waals surface area contributed by atoms with Gasteiger partial charge >= 0.3 is 22.2 Å². The van der Waals surface area contributed by atoms with Crippen LogP contribution in [0.25, 0.3) is 0 Å². The second-order valence-electron chi connectivity index (χ2n) is 9.37. The molecule has 0 heterocycles. The number of ether oxygens (including phenoxy) is 2. The molecule has 0 aromatic heterocycles. The summed E-state index contributed by atoms with van der Waals surface area (Å²) in [7, 11) is -3.96. The molecule has 0 aliphatic rings. The van der Waals surface area contributed by atoms with Crippen molar-refractivity contribution in [2.45, 2.75) is 44.3 Å². The highest BCUT2D eigenvalue weighted by molar-refractivity contribution is 7.87. The van der Waals surface area contributed by atoms with Crippen molar-refractivity contribution in [3.8, 4) is 5.75 Å². The second kappa shape index (κ2) is 12.4. The fraction of sp³-hybridized carbons (Fsp3) is 0.286. The monoisotopic (exact) mass is 525 g/mol. The van der Waals surface area contributed by atoms with Crippen LogP contribution in [0.15, 0.2) is 89.8 Å². The Bertz CT molecular complexity index is 1270.